The minimum absolute atomic E-state index is 0.246. The highest BCUT2D eigenvalue weighted by Crippen LogP contribution is 2.65. The minimum Gasteiger partial charge on any atom is -0.373 e. The zero-order valence-corrected chi connectivity index (χ0v) is 20.7. The van der Waals surface area contributed by atoms with Crippen molar-refractivity contribution in [3.63, 3.8) is 0 Å². The largest absolute Gasteiger partial charge is 0.373 e. The molecule has 0 saturated heterocycles. The summed E-state index contributed by atoms with van der Waals surface area (Å²) >= 11 is 0. The molecule has 6 atom stereocenters. The molecule has 2 bridgehead atoms. The summed E-state index contributed by atoms with van der Waals surface area (Å²) in [5, 5.41) is 4.70. The molecule has 1 heterocycles. The maximum absolute atomic E-state index is 6.57. The molecule has 0 aromatic carbocycles. The van der Waals surface area contributed by atoms with Gasteiger partial charge in [0.15, 0.2) is 0 Å². The van der Waals surface area contributed by atoms with Crippen molar-refractivity contribution in [2.45, 2.75) is 117 Å². The summed E-state index contributed by atoms with van der Waals surface area (Å²) in [5.41, 5.74) is 3.03. The molecule has 31 heavy (non-hydrogen) atoms. The zero-order valence-electron chi connectivity index (χ0n) is 20.7. The lowest BCUT2D eigenvalue weighted by atomic mass is 9.43. The summed E-state index contributed by atoms with van der Waals surface area (Å²) in [6, 6.07) is 0. The molecule has 4 aliphatic carbocycles. The maximum atomic E-state index is 6.57. The van der Waals surface area contributed by atoms with Gasteiger partial charge in [0.1, 0.15) is 5.76 Å². The molecule has 0 N–H and O–H groups in total. The van der Waals surface area contributed by atoms with Crippen molar-refractivity contribution in [3.05, 3.63) is 29.7 Å². The van der Waals surface area contributed by atoms with Crippen molar-refractivity contribution in [3.8, 4) is 0 Å². The number of hydrogen-bond acceptors (Lipinski definition) is 3. The predicted octanol–water partition coefficient (Wildman–Crippen LogP) is 8.02. The average molecular weight is 428 g/mol. The SMILES string of the molecule is C=CCC(CC(C)CCCC)OCc1c(C2CC3CC(C2C)C3(C)C)noc1C1CC1. The molecular formula is C28H45NO2. The van der Waals surface area contributed by atoms with E-state index in [9.17, 15) is 0 Å². The normalized spacial score (nSPS) is 31.1. The molecule has 3 nitrogen and oxygen atoms in total. The van der Waals surface area contributed by atoms with E-state index in [0.717, 1.165) is 30.4 Å². The summed E-state index contributed by atoms with van der Waals surface area (Å²) in [7, 11) is 0. The van der Waals surface area contributed by atoms with E-state index in [1.54, 1.807) is 0 Å². The Morgan fingerprint density at radius 2 is 2.06 bits per heavy atom. The number of fused-ring (bicyclic) bond motifs is 2. The average Bonchev–Trinajstić information content (AvgIpc) is 3.50. The number of ether oxygens (including phenoxy) is 1. The first kappa shape index (κ1) is 23.1. The summed E-state index contributed by atoms with van der Waals surface area (Å²) in [6.07, 6.45) is 13.3. The number of aromatic nitrogens is 1. The van der Waals surface area contributed by atoms with Crippen molar-refractivity contribution < 1.29 is 9.26 Å². The lowest BCUT2D eigenvalue weighted by Crippen LogP contribution is -2.54. The van der Waals surface area contributed by atoms with Gasteiger partial charge in [-0.25, -0.2) is 0 Å². The van der Waals surface area contributed by atoms with Crippen LogP contribution in [0, 0.1) is 29.1 Å². The topological polar surface area (TPSA) is 35.3 Å². The summed E-state index contributed by atoms with van der Waals surface area (Å²) < 4.78 is 12.6. The highest BCUT2D eigenvalue weighted by atomic mass is 16.5. The summed E-state index contributed by atoms with van der Waals surface area (Å²) in [5.74, 6) is 5.27. The highest BCUT2D eigenvalue weighted by molar-refractivity contribution is 5.32. The van der Waals surface area contributed by atoms with Crippen LogP contribution in [0.1, 0.15) is 121 Å². The van der Waals surface area contributed by atoms with Crippen LogP contribution in [0.15, 0.2) is 17.2 Å². The fourth-order valence-corrected chi connectivity index (χ4v) is 6.69. The van der Waals surface area contributed by atoms with Gasteiger partial charge in [-0.3, -0.25) is 0 Å². The molecule has 174 valence electrons. The van der Waals surface area contributed by atoms with Crippen LogP contribution in [0.4, 0.5) is 0 Å². The zero-order chi connectivity index (χ0) is 22.2. The van der Waals surface area contributed by atoms with Crippen LogP contribution in [-0.4, -0.2) is 11.3 Å². The summed E-state index contributed by atoms with van der Waals surface area (Å²) in [4.78, 5) is 0. The highest BCUT2D eigenvalue weighted by Gasteiger charge is 2.57. The molecule has 6 unspecified atom stereocenters. The fourth-order valence-electron chi connectivity index (χ4n) is 6.69. The standard InChI is InChI=1S/C28H45NO2/c1-7-9-11-18(3)14-22(10-8-2)30-17-24-26(29-31-27(24)20-12-13-20)23-15-21-16-25(19(23)4)28(21,5)6/h8,18-23,25H,2,7,9-17H2,1,3-6H3. The lowest BCUT2D eigenvalue weighted by Gasteiger charge is -2.62. The van der Waals surface area contributed by atoms with Crippen molar-refractivity contribution in [2.75, 3.05) is 0 Å². The van der Waals surface area contributed by atoms with E-state index in [-0.39, 0.29) is 6.10 Å². The summed E-state index contributed by atoms with van der Waals surface area (Å²) in [6.45, 7) is 16.7. The Morgan fingerprint density at radius 1 is 1.29 bits per heavy atom. The van der Waals surface area contributed by atoms with Gasteiger partial charge < -0.3 is 9.26 Å². The minimum atomic E-state index is 0.246. The molecular weight excluding hydrogens is 382 g/mol. The first-order valence-corrected chi connectivity index (χ1v) is 13.1. The van der Waals surface area contributed by atoms with Crippen LogP contribution in [0.2, 0.25) is 0 Å². The van der Waals surface area contributed by atoms with Crippen molar-refractivity contribution in [2.24, 2.45) is 29.1 Å². The smallest absolute Gasteiger partial charge is 0.145 e. The van der Waals surface area contributed by atoms with Crippen LogP contribution in [0.5, 0.6) is 0 Å². The molecule has 1 aromatic rings. The predicted molar refractivity (Wildman–Crippen MR) is 127 cm³/mol. The van der Waals surface area contributed by atoms with Crippen LogP contribution in [0.25, 0.3) is 0 Å². The van der Waals surface area contributed by atoms with Gasteiger partial charge in [-0.15, -0.1) is 6.58 Å². The van der Waals surface area contributed by atoms with Crippen molar-refractivity contribution in [1.29, 1.82) is 0 Å². The first-order valence-electron chi connectivity index (χ1n) is 13.1. The molecule has 0 radical (unpaired) electrons. The molecule has 0 aliphatic heterocycles. The van der Waals surface area contributed by atoms with Crippen LogP contribution in [0.3, 0.4) is 0 Å². The second kappa shape index (κ2) is 9.41. The number of unbranched alkanes of at least 4 members (excludes halogenated alkanes) is 1. The molecule has 5 rings (SSSR count). The van der Waals surface area contributed by atoms with E-state index in [1.165, 1.54) is 56.2 Å². The van der Waals surface area contributed by atoms with Gasteiger partial charge in [0.25, 0.3) is 0 Å². The van der Waals surface area contributed by atoms with Gasteiger partial charge in [-0.05, 0) is 67.6 Å². The van der Waals surface area contributed by atoms with E-state index in [2.05, 4.69) is 41.2 Å². The van der Waals surface area contributed by atoms with Crippen LogP contribution >= 0.6 is 0 Å². The van der Waals surface area contributed by atoms with Gasteiger partial charge in [-0.2, -0.15) is 0 Å². The van der Waals surface area contributed by atoms with Gasteiger partial charge >= 0.3 is 0 Å². The molecule has 1 aromatic heterocycles. The number of hydrogen-bond donors (Lipinski definition) is 0. The third-order valence-electron chi connectivity index (χ3n) is 9.11. The van der Waals surface area contributed by atoms with Crippen LogP contribution in [-0.2, 0) is 11.3 Å². The van der Waals surface area contributed by atoms with Gasteiger partial charge in [0.2, 0.25) is 0 Å². The Kier molecular flexibility index (Phi) is 7.01. The molecule has 4 aliphatic rings. The Labute approximate surface area is 190 Å². The second-order valence-electron chi connectivity index (χ2n) is 11.7. The second-order valence-corrected chi connectivity index (χ2v) is 11.7. The molecule has 0 spiro atoms. The van der Waals surface area contributed by atoms with Gasteiger partial charge in [0.05, 0.1) is 18.4 Å². The van der Waals surface area contributed by atoms with Gasteiger partial charge in [-0.1, -0.05) is 65.1 Å². The molecule has 4 saturated carbocycles. The van der Waals surface area contributed by atoms with E-state index < -0.39 is 0 Å². The first-order chi connectivity index (χ1) is 14.9. The molecule has 4 fully saturated rings. The third-order valence-corrected chi connectivity index (χ3v) is 9.11. The monoisotopic (exact) mass is 427 g/mol. The fraction of sp³-hybridized carbons (Fsp3) is 0.821. The van der Waals surface area contributed by atoms with Crippen LogP contribution < -0.4 is 0 Å². The lowest BCUT2D eigenvalue weighted by molar-refractivity contribution is -0.111. The maximum Gasteiger partial charge on any atom is 0.145 e. The number of nitrogens with zero attached hydrogens (tertiary/aromatic N) is 1. The van der Waals surface area contributed by atoms with E-state index >= 15 is 0 Å². The Hall–Kier alpha value is -1.09. The third kappa shape index (κ3) is 4.68. The Balaban J connectivity index is 1.47. The van der Waals surface area contributed by atoms with E-state index in [0.29, 0.717) is 35.7 Å². The van der Waals surface area contributed by atoms with E-state index in [1.807, 2.05) is 6.08 Å². The van der Waals surface area contributed by atoms with E-state index in [4.69, 9.17) is 14.4 Å². The van der Waals surface area contributed by atoms with Crippen molar-refractivity contribution >= 4 is 0 Å². The Morgan fingerprint density at radius 3 is 2.68 bits per heavy atom. The van der Waals surface area contributed by atoms with Gasteiger partial charge in [0, 0.05) is 17.4 Å². The Bertz CT molecular complexity index is 746. The quantitative estimate of drug-likeness (QED) is 0.317. The molecule has 3 heteroatoms. The number of rotatable bonds is 12. The van der Waals surface area contributed by atoms with Crippen molar-refractivity contribution in [1.82, 2.24) is 5.16 Å². The molecule has 0 amide bonds.